The quantitative estimate of drug-likeness (QED) is 0.727. The summed E-state index contributed by atoms with van der Waals surface area (Å²) in [6.07, 6.45) is 2.89. The van der Waals surface area contributed by atoms with Crippen molar-refractivity contribution in [2.75, 3.05) is 13.1 Å². The van der Waals surface area contributed by atoms with E-state index in [2.05, 4.69) is 15.8 Å². The molecule has 0 bridgehead atoms. The zero-order valence-electron chi connectivity index (χ0n) is 15.4. The van der Waals surface area contributed by atoms with Gasteiger partial charge in [0.1, 0.15) is 0 Å². The number of benzene rings is 1. The highest BCUT2D eigenvalue weighted by molar-refractivity contribution is 7.89. The van der Waals surface area contributed by atoms with Gasteiger partial charge in [0.15, 0.2) is 0 Å². The van der Waals surface area contributed by atoms with Gasteiger partial charge in [-0.2, -0.15) is 4.31 Å². The lowest BCUT2D eigenvalue weighted by molar-refractivity contribution is 0.0846. The number of hydrazine groups is 1. The number of nitrogens with one attached hydrogen (secondary N) is 2. The number of pyridine rings is 1. The number of aromatic nitrogens is 1. The molecule has 1 aromatic carbocycles. The predicted molar refractivity (Wildman–Crippen MR) is 100 cm³/mol. The van der Waals surface area contributed by atoms with Crippen LogP contribution in [0.15, 0.2) is 47.6 Å². The number of nitrogens with zero attached hydrogens (tertiary/aromatic N) is 2. The smallest absolute Gasteiger partial charge is 0.267 e. The van der Waals surface area contributed by atoms with Gasteiger partial charge < -0.3 is 0 Å². The Kier molecular flexibility index (Phi) is 6.65. The molecule has 9 heteroatoms. The van der Waals surface area contributed by atoms with Crippen LogP contribution in [0.4, 0.5) is 0 Å². The van der Waals surface area contributed by atoms with E-state index in [1.54, 1.807) is 39.0 Å². The maximum atomic E-state index is 12.8. The Labute approximate surface area is 158 Å². The van der Waals surface area contributed by atoms with Crippen LogP contribution in [0.3, 0.4) is 0 Å². The van der Waals surface area contributed by atoms with Gasteiger partial charge in [-0.25, -0.2) is 8.42 Å². The zero-order chi connectivity index (χ0) is 20.0. The number of sulfonamides is 1. The Morgan fingerprint density at radius 1 is 1.04 bits per heavy atom. The van der Waals surface area contributed by atoms with Gasteiger partial charge in [0.2, 0.25) is 10.0 Å². The summed E-state index contributed by atoms with van der Waals surface area (Å²) in [5.41, 5.74) is 5.50. The highest BCUT2D eigenvalue weighted by Gasteiger charge is 2.24. The van der Waals surface area contributed by atoms with Crippen LogP contribution in [0, 0.1) is 6.92 Å². The third-order valence-corrected chi connectivity index (χ3v) is 6.18. The first kappa shape index (κ1) is 20.5. The summed E-state index contributed by atoms with van der Waals surface area (Å²) in [4.78, 5) is 28.2. The standard InChI is InChI=1S/C18H22N4O4S/c1-4-22(5-2)27(25,26)16-11-14(9-8-13(16)3)17(23)20-21-18(24)15-7-6-10-19-12-15/h6-12H,4-5H2,1-3H3,(H,20,23)(H,21,24). The predicted octanol–water partition coefficient (Wildman–Crippen LogP) is 1.50. The van der Waals surface area contributed by atoms with Crippen LogP contribution in [-0.4, -0.2) is 42.6 Å². The number of aryl methyl sites for hydroxylation is 1. The molecule has 0 aliphatic rings. The molecular formula is C18H22N4O4S. The molecule has 2 N–H and O–H groups in total. The molecule has 144 valence electrons. The van der Waals surface area contributed by atoms with Gasteiger partial charge in [-0.3, -0.25) is 25.4 Å². The van der Waals surface area contributed by atoms with Crippen LogP contribution >= 0.6 is 0 Å². The van der Waals surface area contributed by atoms with Crippen LogP contribution in [-0.2, 0) is 10.0 Å². The van der Waals surface area contributed by atoms with Crippen molar-refractivity contribution >= 4 is 21.8 Å². The average molecular weight is 390 g/mol. The van der Waals surface area contributed by atoms with Crippen LogP contribution in [0.5, 0.6) is 0 Å². The number of carbonyl (C=O) groups excluding carboxylic acids is 2. The van der Waals surface area contributed by atoms with E-state index in [-0.39, 0.29) is 16.0 Å². The molecule has 0 aliphatic heterocycles. The van der Waals surface area contributed by atoms with E-state index < -0.39 is 21.8 Å². The molecule has 1 heterocycles. The number of rotatable bonds is 6. The Bertz CT molecular complexity index is 926. The Morgan fingerprint density at radius 2 is 1.67 bits per heavy atom. The first-order chi connectivity index (χ1) is 12.8. The van der Waals surface area contributed by atoms with Gasteiger partial charge in [0.25, 0.3) is 11.8 Å². The maximum absolute atomic E-state index is 12.8. The SMILES string of the molecule is CCN(CC)S(=O)(=O)c1cc(C(=O)NNC(=O)c2cccnc2)ccc1C. The zero-order valence-corrected chi connectivity index (χ0v) is 16.2. The lowest BCUT2D eigenvalue weighted by Crippen LogP contribution is -2.41. The monoisotopic (exact) mass is 390 g/mol. The van der Waals surface area contributed by atoms with E-state index in [9.17, 15) is 18.0 Å². The molecule has 8 nitrogen and oxygen atoms in total. The van der Waals surface area contributed by atoms with E-state index in [0.717, 1.165) is 0 Å². The lowest BCUT2D eigenvalue weighted by atomic mass is 10.1. The summed E-state index contributed by atoms with van der Waals surface area (Å²) in [5.74, 6) is -1.15. The Morgan fingerprint density at radius 3 is 2.22 bits per heavy atom. The van der Waals surface area contributed by atoms with Crippen LogP contribution in [0.1, 0.15) is 40.1 Å². The average Bonchev–Trinajstić information content (AvgIpc) is 2.67. The second-order valence-electron chi connectivity index (χ2n) is 5.72. The minimum Gasteiger partial charge on any atom is -0.267 e. The van der Waals surface area contributed by atoms with E-state index in [1.807, 2.05) is 0 Å². The molecule has 0 unspecified atom stereocenters. The van der Waals surface area contributed by atoms with Crippen molar-refractivity contribution in [3.8, 4) is 0 Å². The van der Waals surface area contributed by atoms with Crippen LogP contribution in [0.25, 0.3) is 0 Å². The summed E-state index contributed by atoms with van der Waals surface area (Å²) in [7, 11) is -3.70. The van der Waals surface area contributed by atoms with E-state index in [0.29, 0.717) is 18.7 Å². The van der Waals surface area contributed by atoms with Crippen molar-refractivity contribution in [3.05, 3.63) is 59.4 Å². The lowest BCUT2D eigenvalue weighted by Gasteiger charge is -2.20. The van der Waals surface area contributed by atoms with Gasteiger partial charge in [-0.05, 0) is 36.8 Å². The van der Waals surface area contributed by atoms with Gasteiger partial charge in [0.05, 0.1) is 10.5 Å². The first-order valence-corrected chi connectivity index (χ1v) is 9.86. The van der Waals surface area contributed by atoms with Gasteiger partial charge in [-0.15, -0.1) is 0 Å². The van der Waals surface area contributed by atoms with E-state index >= 15 is 0 Å². The normalized spacial score (nSPS) is 11.3. The summed E-state index contributed by atoms with van der Waals surface area (Å²) in [5, 5.41) is 0. The molecule has 0 saturated heterocycles. The fraction of sp³-hybridized carbons (Fsp3) is 0.278. The highest BCUT2D eigenvalue weighted by Crippen LogP contribution is 2.21. The molecule has 1 aromatic heterocycles. The van der Waals surface area contributed by atoms with Crippen LogP contribution < -0.4 is 10.9 Å². The summed E-state index contributed by atoms with van der Waals surface area (Å²) < 4.78 is 26.8. The number of amides is 2. The van der Waals surface area contributed by atoms with Gasteiger partial charge in [-0.1, -0.05) is 19.9 Å². The molecule has 0 fully saturated rings. The first-order valence-electron chi connectivity index (χ1n) is 8.42. The summed E-state index contributed by atoms with van der Waals surface area (Å²) in [6.45, 7) is 5.83. The molecule has 0 spiro atoms. The molecule has 0 saturated carbocycles. The number of hydrogen-bond acceptors (Lipinski definition) is 5. The minimum atomic E-state index is -3.70. The van der Waals surface area contributed by atoms with Crippen molar-refractivity contribution in [2.24, 2.45) is 0 Å². The second-order valence-corrected chi connectivity index (χ2v) is 7.63. The van der Waals surface area contributed by atoms with Crippen molar-refractivity contribution < 1.29 is 18.0 Å². The highest BCUT2D eigenvalue weighted by atomic mass is 32.2. The van der Waals surface area contributed by atoms with Gasteiger partial charge in [0, 0.05) is 31.0 Å². The maximum Gasteiger partial charge on any atom is 0.271 e. The third-order valence-electron chi connectivity index (χ3n) is 3.99. The van der Waals surface area contributed by atoms with Crippen molar-refractivity contribution in [3.63, 3.8) is 0 Å². The Hall–Kier alpha value is -2.78. The molecule has 2 aromatic rings. The van der Waals surface area contributed by atoms with Crippen LogP contribution in [0.2, 0.25) is 0 Å². The summed E-state index contributed by atoms with van der Waals surface area (Å²) in [6, 6.07) is 7.53. The van der Waals surface area contributed by atoms with Crippen molar-refractivity contribution in [2.45, 2.75) is 25.7 Å². The van der Waals surface area contributed by atoms with E-state index in [1.165, 1.54) is 28.8 Å². The topological polar surface area (TPSA) is 108 Å². The largest absolute Gasteiger partial charge is 0.271 e. The fourth-order valence-electron chi connectivity index (χ4n) is 2.48. The molecule has 2 amide bonds. The van der Waals surface area contributed by atoms with Crippen molar-refractivity contribution in [1.29, 1.82) is 0 Å². The van der Waals surface area contributed by atoms with Gasteiger partial charge >= 0.3 is 0 Å². The summed E-state index contributed by atoms with van der Waals surface area (Å²) >= 11 is 0. The number of hydrogen-bond donors (Lipinski definition) is 2. The molecule has 0 atom stereocenters. The molecule has 27 heavy (non-hydrogen) atoms. The Balaban J connectivity index is 2.19. The fourth-order valence-corrected chi connectivity index (χ4v) is 4.19. The minimum absolute atomic E-state index is 0.0671. The molecule has 2 rings (SSSR count). The second kappa shape index (κ2) is 8.74. The molecule has 0 aliphatic carbocycles. The van der Waals surface area contributed by atoms with E-state index in [4.69, 9.17) is 0 Å². The molecular weight excluding hydrogens is 368 g/mol. The van der Waals surface area contributed by atoms with Crippen molar-refractivity contribution in [1.82, 2.24) is 20.1 Å². The molecule has 0 radical (unpaired) electrons. The number of carbonyl (C=O) groups is 2. The third kappa shape index (κ3) is 4.69.